The van der Waals surface area contributed by atoms with E-state index in [1.165, 1.54) is 6.07 Å². The number of fused-ring (bicyclic) bond motifs is 1. The van der Waals surface area contributed by atoms with E-state index in [9.17, 15) is 9.18 Å². The zero-order valence-corrected chi connectivity index (χ0v) is 21.7. The molecule has 0 radical (unpaired) electrons. The van der Waals surface area contributed by atoms with Gasteiger partial charge in [-0.2, -0.15) is 0 Å². The molecule has 5 nitrogen and oxygen atoms in total. The molecule has 5 rings (SSSR count). The highest BCUT2D eigenvalue weighted by Gasteiger charge is 2.18. The van der Waals surface area contributed by atoms with Crippen molar-refractivity contribution >= 4 is 57.0 Å². The van der Waals surface area contributed by atoms with Gasteiger partial charge in [-0.15, -0.1) is 0 Å². The lowest BCUT2D eigenvalue weighted by molar-refractivity contribution is 0.0979. The third kappa shape index (κ3) is 5.91. The summed E-state index contributed by atoms with van der Waals surface area (Å²) in [6.07, 6.45) is 0. The van der Waals surface area contributed by atoms with Gasteiger partial charge in [-0.3, -0.25) is 15.0 Å². The molecule has 1 heterocycles. The maximum atomic E-state index is 14.0. The molecule has 0 spiro atoms. The van der Waals surface area contributed by atoms with E-state index < -0.39 is 0 Å². The molecule has 1 aliphatic rings. The molecular formula is C29H26ClFN4OS. The average Bonchev–Trinajstić information content (AvgIpc) is 2.91. The van der Waals surface area contributed by atoms with Gasteiger partial charge in [-0.25, -0.2) is 4.39 Å². The summed E-state index contributed by atoms with van der Waals surface area (Å²) in [5.74, 6) is -0.445. The molecule has 0 bridgehead atoms. The molecule has 2 N–H and O–H groups in total. The number of piperazine rings is 1. The van der Waals surface area contributed by atoms with Crippen molar-refractivity contribution in [1.29, 1.82) is 0 Å². The Morgan fingerprint density at radius 2 is 1.57 bits per heavy atom. The number of carbonyl (C=O) groups excluding carboxylic acids is 1. The third-order valence-electron chi connectivity index (χ3n) is 6.55. The van der Waals surface area contributed by atoms with Gasteiger partial charge in [0, 0.05) is 65.6 Å². The van der Waals surface area contributed by atoms with Crippen molar-refractivity contribution in [2.75, 3.05) is 36.4 Å². The van der Waals surface area contributed by atoms with Crippen LogP contribution in [-0.2, 0) is 6.54 Å². The summed E-state index contributed by atoms with van der Waals surface area (Å²) in [7, 11) is 0. The Kier molecular flexibility index (Phi) is 7.65. The summed E-state index contributed by atoms with van der Waals surface area (Å²) in [4.78, 5) is 17.5. The lowest BCUT2D eigenvalue weighted by Crippen LogP contribution is -2.46. The van der Waals surface area contributed by atoms with Gasteiger partial charge in [-0.1, -0.05) is 54.1 Å². The Labute approximate surface area is 225 Å². The van der Waals surface area contributed by atoms with Crippen molar-refractivity contribution in [3.05, 3.63) is 107 Å². The molecule has 8 heteroatoms. The Morgan fingerprint density at radius 1 is 0.865 bits per heavy atom. The molecule has 4 aromatic rings. The summed E-state index contributed by atoms with van der Waals surface area (Å²) in [6, 6.07) is 25.8. The lowest BCUT2D eigenvalue weighted by Gasteiger charge is -2.36. The molecule has 4 aromatic carbocycles. The largest absolute Gasteiger partial charge is 0.369 e. The maximum Gasteiger partial charge on any atom is 0.258 e. The predicted molar refractivity (Wildman–Crippen MR) is 153 cm³/mol. The quantitative estimate of drug-likeness (QED) is 0.305. The number of rotatable bonds is 5. The fraction of sp³-hybridized carbons (Fsp3) is 0.172. The zero-order valence-electron chi connectivity index (χ0n) is 20.1. The number of anilines is 2. The van der Waals surface area contributed by atoms with Gasteiger partial charge in [0.1, 0.15) is 5.82 Å². The van der Waals surface area contributed by atoms with Crippen molar-refractivity contribution in [3.8, 4) is 0 Å². The second kappa shape index (κ2) is 11.3. The highest BCUT2D eigenvalue weighted by molar-refractivity contribution is 7.80. The fourth-order valence-corrected chi connectivity index (χ4v) is 5.04. The van der Waals surface area contributed by atoms with E-state index in [1.807, 2.05) is 54.6 Å². The van der Waals surface area contributed by atoms with Gasteiger partial charge >= 0.3 is 0 Å². The summed E-state index contributed by atoms with van der Waals surface area (Å²) < 4.78 is 14.0. The molecule has 0 aliphatic carbocycles. The van der Waals surface area contributed by atoms with Gasteiger partial charge < -0.3 is 10.2 Å². The first-order chi connectivity index (χ1) is 18.0. The number of hydrogen-bond acceptors (Lipinski definition) is 4. The number of amides is 1. The first kappa shape index (κ1) is 25.1. The molecule has 1 amide bonds. The number of carbonyl (C=O) groups is 1. The minimum absolute atomic E-state index is 0.149. The number of hydrogen-bond donors (Lipinski definition) is 2. The van der Waals surface area contributed by atoms with Crippen LogP contribution in [0.2, 0.25) is 5.02 Å². The predicted octanol–water partition coefficient (Wildman–Crippen LogP) is 6.08. The average molecular weight is 533 g/mol. The topological polar surface area (TPSA) is 47.6 Å². The van der Waals surface area contributed by atoms with Crippen molar-refractivity contribution in [2.24, 2.45) is 0 Å². The van der Waals surface area contributed by atoms with Gasteiger partial charge in [0.2, 0.25) is 0 Å². The minimum Gasteiger partial charge on any atom is -0.369 e. The molecule has 0 aromatic heterocycles. The van der Waals surface area contributed by atoms with Crippen molar-refractivity contribution in [2.45, 2.75) is 6.54 Å². The highest BCUT2D eigenvalue weighted by atomic mass is 35.5. The van der Waals surface area contributed by atoms with Crippen LogP contribution < -0.4 is 15.5 Å². The first-order valence-corrected chi connectivity index (χ1v) is 12.9. The van der Waals surface area contributed by atoms with Crippen LogP contribution in [0.15, 0.2) is 84.9 Å². The number of benzene rings is 4. The molecule has 188 valence electrons. The van der Waals surface area contributed by atoms with Crippen molar-refractivity contribution < 1.29 is 9.18 Å². The van der Waals surface area contributed by atoms with Gasteiger partial charge in [0.25, 0.3) is 5.91 Å². The molecule has 0 unspecified atom stereocenters. The smallest absolute Gasteiger partial charge is 0.258 e. The van der Waals surface area contributed by atoms with Gasteiger partial charge in [0.15, 0.2) is 5.11 Å². The summed E-state index contributed by atoms with van der Waals surface area (Å²) in [5, 5.41) is 8.25. The van der Waals surface area contributed by atoms with Crippen LogP contribution in [0.3, 0.4) is 0 Å². The lowest BCUT2D eigenvalue weighted by atomic mass is 10.0. The Hall–Kier alpha value is -3.52. The van der Waals surface area contributed by atoms with Crippen molar-refractivity contribution in [3.63, 3.8) is 0 Å². The van der Waals surface area contributed by atoms with E-state index in [1.54, 1.807) is 24.3 Å². The van der Waals surface area contributed by atoms with Crippen LogP contribution in [0, 0.1) is 5.82 Å². The van der Waals surface area contributed by atoms with Crippen molar-refractivity contribution in [1.82, 2.24) is 10.2 Å². The Bertz CT molecular complexity index is 1440. The Balaban J connectivity index is 1.15. The second-order valence-electron chi connectivity index (χ2n) is 8.95. The van der Waals surface area contributed by atoms with Gasteiger partial charge in [-0.05, 0) is 60.1 Å². The number of thiocarbonyl (C=S) groups is 1. The van der Waals surface area contributed by atoms with E-state index in [2.05, 4.69) is 20.4 Å². The van der Waals surface area contributed by atoms with Crippen LogP contribution in [0.4, 0.5) is 15.8 Å². The van der Waals surface area contributed by atoms with E-state index in [0.29, 0.717) is 17.1 Å². The van der Waals surface area contributed by atoms with Gasteiger partial charge in [0.05, 0.1) is 0 Å². The molecule has 1 aliphatic heterocycles. The fourth-order valence-electron chi connectivity index (χ4n) is 4.59. The normalized spacial score (nSPS) is 13.9. The molecule has 1 fully saturated rings. The number of nitrogens with zero attached hydrogens (tertiary/aromatic N) is 2. The number of halogens is 2. The molecule has 1 saturated heterocycles. The minimum atomic E-state index is -0.296. The van der Waals surface area contributed by atoms with Crippen LogP contribution in [0.25, 0.3) is 10.8 Å². The summed E-state index contributed by atoms with van der Waals surface area (Å²) in [6.45, 7) is 4.08. The summed E-state index contributed by atoms with van der Waals surface area (Å²) in [5.41, 5.74) is 3.14. The highest BCUT2D eigenvalue weighted by Crippen LogP contribution is 2.26. The van der Waals surface area contributed by atoms with E-state index in [4.69, 9.17) is 23.8 Å². The van der Waals surface area contributed by atoms with Crippen LogP contribution in [0.1, 0.15) is 15.9 Å². The maximum absolute atomic E-state index is 14.0. The molecule has 37 heavy (non-hydrogen) atoms. The van der Waals surface area contributed by atoms with E-state index >= 15 is 0 Å². The Morgan fingerprint density at radius 3 is 2.32 bits per heavy atom. The van der Waals surface area contributed by atoms with Crippen LogP contribution >= 0.6 is 23.8 Å². The molecule has 0 atom stereocenters. The molecular weight excluding hydrogens is 507 g/mol. The zero-order chi connectivity index (χ0) is 25.8. The first-order valence-electron chi connectivity index (χ1n) is 12.1. The number of nitrogens with one attached hydrogen (secondary N) is 2. The summed E-state index contributed by atoms with van der Waals surface area (Å²) >= 11 is 11.7. The van der Waals surface area contributed by atoms with Crippen LogP contribution in [-0.4, -0.2) is 42.1 Å². The molecule has 0 saturated carbocycles. The third-order valence-corrected chi connectivity index (χ3v) is 7.09. The van der Waals surface area contributed by atoms with E-state index in [0.717, 1.165) is 53.9 Å². The monoisotopic (exact) mass is 532 g/mol. The standard InChI is InChI=1S/C29H26ClFN4OS/c30-26-9-4-6-23-24(26)7-3-8-25(23)28(36)33-29(37)32-21-11-13-22(14-12-21)35-17-15-34(16-18-35)19-20-5-1-2-10-27(20)31/h1-14H,15-19H2,(H2,32,33,36,37). The van der Waals surface area contributed by atoms with E-state index in [-0.39, 0.29) is 16.8 Å². The SMILES string of the molecule is O=C(NC(=S)Nc1ccc(N2CCN(Cc3ccccc3F)CC2)cc1)c1cccc2c(Cl)cccc12. The van der Waals surface area contributed by atoms with Crippen LogP contribution in [0.5, 0.6) is 0 Å². The second-order valence-corrected chi connectivity index (χ2v) is 9.77.